The van der Waals surface area contributed by atoms with E-state index in [1.165, 1.54) is 0 Å². The fourth-order valence-corrected chi connectivity index (χ4v) is 1.19. The molecule has 0 amide bonds. The fraction of sp³-hybridized carbons (Fsp3) is 0.333. The minimum atomic E-state index is -0.0932. The van der Waals surface area contributed by atoms with Gasteiger partial charge in [-0.3, -0.25) is 0 Å². The monoisotopic (exact) mass is 177 g/mol. The van der Waals surface area contributed by atoms with Gasteiger partial charge in [0.1, 0.15) is 11.5 Å². The molecule has 1 atom stereocenters. The van der Waals surface area contributed by atoms with Crippen LogP contribution in [-0.4, -0.2) is 17.8 Å². The third kappa shape index (κ3) is 1.47. The highest BCUT2D eigenvalue weighted by Crippen LogP contribution is 2.14. The van der Waals surface area contributed by atoms with Gasteiger partial charge in [-0.1, -0.05) is 13.0 Å². The number of hydrogen-bond donors (Lipinski definition) is 1. The average Bonchev–Trinajstić information content (AvgIpc) is 2.41. The smallest absolute Gasteiger partial charge is 0.243 e. The van der Waals surface area contributed by atoms with Crippen LogP contribution in [0.4, 0.5) is 0 Å². The van der Waals surface area contributed by atoms with Crippen LogP contribution in [0.5, 0.6) is 0 Å². The molecule has 0 aliphatic carbocycles. The first-order chi connectivity index (χ1) is 6.29. The number of allylic oxidation sites excluding steroid dienone is 2. The summed E-state index contributed by atoms with van der Waals surface area (Å²) in [5, 5.41) is 0. The third-order valence-corrected chi connectivity index (χ3v) is 1.85. The Hall–Kier alpha value is -1.58. The van der Waals surface area contributed by atoms with Gasteiger partial charge in [0.05, 0.1) is 0 Å². The van der Waals surface area contributed by atoms with E-state index in [0.717, 1.165) is 12.1 Å². The fourth-order valence-electron chi connectivity index (χ4n) is 1.19. The molecule has 4 heteroatoms. The zero-order chi connectivity index (χ0) is 9.26. The molecule has 0 fully saturated rings. The highest BCUT2D eigenvalue weighted by molar-refractivity contribution is 6.44. The van der Waals surface area contributed by atoms with E-state index in [2.05, 4.69) is 9.98 Å². The maximum Gasteiger partial charge on any atom is 0.243 e. The van der Waals surface area contributed by atoms with Crippen molar-refractivity contribution in [2.24, 2.45) is 15.7 Å². The molecule has 0 saturated heterocycles. The van der Waals surface area contributed by atoms with E-state index in [0.29, 0.717) is 11.7 Å². The lowest BCUT2D eigenvalue weighted by Crippen LogP contribution is -2.11. The predicted molar refractivity (Wildman–Crippen MR) is 51.4 cm³/mol. The summed E-state index contributed by atoms with van der Waals surface area (Å²) < 4.78 is 5.44. The maximum atomic E-state index is 5.56. The Balaban J connectivity index is 2.32. The van der Waals surface area contributed by atoms with E-state index >= 15 is 0 Å². The lowest BCUT2D eigenvalue weighted by Gasteiger charge is -2.03. The summed E-state index contributed by atoms with van der Waals surface area (Å²) in [6, 6.07) is 0. The highest BCUT2D eigenvalue weighted by atomic mass is 16.5. The van der Waals surface area contributed by atoms with Crippen LogP contribution in [0.3, 0.4) is 0 Å². The first-order valence-electron chi connectivity index (χ1n) is 4.27. The molecule has 0 radical (unpaired) electrons. The lowest BCUT2D eigenvalue weighted by molar-refractivity contribution is 0.212. The van der Waals surface area contributed by atoms with Crippen molar-refractivity contribution < 1.29 is 4.74 Å². The van der Waals surface area contributed by atoms with Gasteiger partial charge in [0.2, 0.25) is 5.90 Å². The number of nitrogens with zero attached hydrogens (tertiary/aromatic N) is 2. The van der Waals surface area contributed by atoms with Crippen molar-refractivity contribution in [1.82, 2.24) is 0 Å². The Kier molecular flexibility index (Phi) is 1.88. The molecule has 2 aliphatic rings. The summed E-state index contributed by atoms with van der Waals surface area (Å²) in [5.74, 6) is 0.988. The molecular formula is C9H11N3O. The Morgan fingerprint density at radius 2 is 2.46 bits per heavy atom. The van der Waals surface area contributed by atoms with E-state index in [1.54, 1.807) is 6.08 Å². The van der Waals surface area contributed by atoms with E-state index < -0.39 is 0 Å². The van der Waals surface area contributed by atoms with Gasteiger partial charge >= 0.3 is 0 Å². The largest absolute Gasteiger partial charge is 0.450 e. The van der Waals surface area contributed by atoms with Gasteiger partial charge in [-0.15, -0.1) is 0 Å². The second-order valence-electron chi connectivity index (χ2n) is 2.86. The zero-order valence-corrected chi connectivity index (χ0v) is 7.40. The van der Waals surface area contributed by atoms with Crippen molar-refractivity contribution >= 4 is 11.6 Å². The second kappa shape index (κ2) is 3.05. The molecular weight excluding hydrogens is 166 g/mol. The summed E-state index contributed by atoms with van der Waals surface area (Å²) in [7, 11) is 0. The van der Waals surface area contributed by atoms with Gasteiger partial charge in [-0.25, -0.2) is 4.99 Å². The van der Waals surface area contributed by atoms with E-state index in [1.807, 2.05) is 19.1 Å². The number of ether oxygens (including phenoxy) is 1. The number of hydrogen-bond acceptors (Lipinski definition) is 4. The van der Waals surface area contributed by atoms with Gasteiger partial charge in [-0.2, -0.15) is 4.99 Å². The van der Waals surface area contributed by atoms with Crippen LogP contribution in [0.1, 0.15) is 13.3 Å². The van der Waals surface area contributed by atoms with Crippen molar-refractivity contribution in [1.29, 1.82) is 0 Å². The molecule has 68 valence electrons. The molecule has 0 saturated carbocycles. The molecule has 0 aromatic rings. The third-order valence-electron chi connectivity index (χ3n) is 1.85. The van der Waals surface area contributed by atoms with E-state index in [9.17, 15) is 0 Å². The first kappa shape index (κ1) is 8.04. The first-order valence-corrected chi connectivity index (χ1v) is 4.27. The highest BCUT2D eigenvalue weighted by Gasteiger charge is 2.22. The zero-order valence-electron chi connectivity index (χ0n) is 7.40. The van der Waals surface area contributed by atoms with Crippen LogP contribution in [0, 0.1) is 0 Å². The molecule has 0 bridgehead atoms. The standard InChI is InChI=1S/C9H11N3O/c1-2-8-11-6-4-3-5-7(10)12-9(6)13-8/h3-5,8H,2,10H2,1H3. The van der Waals surface area contributed by atoms with Gasteiger partial charge in [0, 0.05) is 6.42 Å². The Morgan fingerprint density at radius 1 is 1.62 bits per heavy atom. The number of rotatable bonds is 1. The lowest BCUT2D eigenvalue weighted by atomic mass is 10.3. The van der Waals surface area contributed by atoms with Crippen LogP contribution in [-0.2, 0) is 4.74 Å². The van der Waals surface area contributed by atoms with Crippen LogP contribution in [0.2, 0.25) is 0 Å². The minimum Gasteiger partial charge on any atom is -0.450 e. The quantitative estimate of drug-likeness (QED) is 0.648. The maximum absolute atomic E-state index is 5.56. The van der Waals surface area contributed by atoms with Crippen LogP contribution < -0.4 is 5.73 Å². The normalized spacial score (nSPS) is 25.3. The topological polar surface area (TPSA) is 60.0 Å². The van der Waals surface area contributed by atoms with Gasteiger partial charge in [0.25, 0.3) is 0 Å². The van der Waals surface area contributed by atoms with Crippen LogP contribution in [0.25, 0.3) is 0 Å². The van der Waals surface area contributed by atoms with Gasteiger partial charge < -0.3 is 10.5 Å². The summed E-state index contributed by atoms with van der Waals surface area (Å²) >= 11 is 0. The summed E-state index contributed by atoms with van der Waals surface area (Å²) in [4.78, 5) is 8.39. The molecule has 2 heterocycles. The van der Waals surface area contributed by atoms with Crippen LogP contribution in [0.15, 0.2) is 34.0 Å². The molecule has 13 heavy (non-hydrogen) atoms. The molecule has 2 N–H and O–H groups in total. The van der Waals surface area contributed by atoms with Crippen molar-refractivity contribution in [3.63, 3.8) is 0 Å². The summed E-state index contributed by atoms with van der Waals surface area (Å²) in [6.07, 6.45) is 6.16. The summed E-state index contributed by atoms with van der Waals surface area (Å²) in [5.41, 5.74) is 6.35. The molecule has 4 nitrogen and oxygen atoms in total. The Labute approximate surface area is 76.5 Å². The predicted octanol–water partition coefficient (Wildman–Crippen LogP) is 0.962. The Morgan fingerprint density at radius 3 is 3.23 bits per heavy atom. The van der Waals surface area contributed by atoms with Gasteiger partial charge in [-0.05, 0) is 12.2 Å². The second-order valence-corrected chi connectivity index (χ2v) is 2.86. The average molecular weight is 177 g/mol. The number of aliphatic imine (C=N–C) groups is 2. The summed E-state index contributed by atoms with van der Waals surface area (Å²) in [6.45, 7) is 2.02. The number of nitrogens with two attached hydrogens (primary N) is 1. The molecule has 2 rings (SSSR count). The Bertz CT molecular complexity index is 339. The van der Waals surface area contributed by atoms with Gasteiger partial charge in [0.15, 0.2) is 6.23 Å². The SMILES string of the molecule is CCC1N=C2C=CC=C(N)N=C2O1. The van der Waals surface area contributed by atoms with Crippen molar-refractivity contribution in [3.05, 3.63) is 24.0 Å². The molecule has 2 aliphatic heterocycles. The van der Waals surface area contributed by atoms with Crippen LogP contribution >= 0.6 is 0 Å². The molecule has 0 spiro atoms. The number of fused-ring (bicyclic) bond motifs is 1. The van der Waals surface area contributed by atoms with E-state index in [4.69, 9.17) is 10.5 Å². The molecule has 0 aromatic heterocycles. The van der Waals surface area contributed by atoms with Crippen molar-refractivity contribution in [3.8, 4) is 0 Å². The van der Waals surface area contributed by atoms with Crippen molar-refractivity contribution in [2.75, 3.05) is 0 Å². The molecule has 0 aromatic carbocycles. The van der Waals surface area contributed by atoms with E-state index in [-0.39, 0.29) is 6.23 Å². The minimum absolute atomic E-state index is 0.0932. The van der Waals surface area contributed by atoms with Crippen molar-refractivity contribution in [2.45, 2.75) is 19.6 Å². The molecule has 1 unspecified atom stereocenters.